The van der Waals surface area contributed by atoms with Crippen LogP contribution >= 0.6 is 30.9 Å². The molecule has 0 radical (unpaired) electrons. The second-order valence-electron chi connectivity index (χ2n) is 5.83. The predicted molar refractivity (Wildman–Crippen MR) is 105 cm³/mol. The summed E-state index contributed by atoms with van der Waals surface area (Å²) >= 11 is 2.20. The van der Waals surface area contributed by atoms with Gasteiger partial charge in [0.15, 0.2) is 10.8 Å². The number of nitrogens with zero attached hydrogens (tertiary/aromatic N) is 3. The van der Waals surface area contributed by atoms with Crippen LogP contribution < -0.4 is 11.1 Å². The third-order valence-electron chi connectivity index (χ3n) is 4.01. The zero-order valence-electron chi connectivity index (χ0n) is 14.8. The Morgan fingerprint density at radius 1 is 1.50 bits per heavy atom. The van der Waals surface area contributed by atoms with Crippen molar-refractivity contribution >= 4 is 59.5 Å². The number of hydrogen-bond acceptors (Lipinski definition) is 11. The average Bonchev–Trinajstić information content (AvgIpc) is 3.09. The van der Waals surface area contributed by atoms with Crippen molar-refractivity contribution in [2.24, 2.45) is 5.16 Å². The number of allylic oxidation sites excluding steroid dienone is 1. The molecule has 13 nitrogen and oxygen atoms in total. The number of phosphoric acid groups is 1. The summed E-state index contributed by atoms with van der Waals surface area (Å²) in [6, 6.07) is -1.10. The molecule has 1 aromatic heterocycles. The van der Waals surface area contributed by atoms with Gasteiger partial charge in [-0.3, -0.25) is 24.3 Å². The van der Waals surface area contributed by atoms with Gasteiger partial charge in [0.1, 0.15) is 22.8 Å². The minimum Gasteiger partial charge on any atom is -0.410 e. The Kier molecular flexibility index (Phi) is 6.01. The fourth-order valence-corrected chi connectivity index (χ4v) is 4.95. The summed E-state index contributed by atoms with van der Waals surface area (Å²) in [5, 5.41) is 15.2. The van der Waals surface area contributed by atoms with Gasteiger partial charge in [-0.15, -0.1) is 23.1 Å². The van der Waals surface area contributed by atoms with Crippen LogP contribution in [-0.2, 0) is 23.5 Å². The van der Waals surface area contributed by atoms with Crippen LogP contribution in [0.3, 0.4) is 0 Å². The minimum absolute atomic E-state index is 0.0113. The molecule has 0 aliphatic carbocycles. The Labute approximate surface area is 176 Å². The van der Waals surface area contributed by atoms with Gasteiger partial charge in [-0.2, -0.15) is 0 Å². The largest absolute Gasteiger partial charge is 0.527 e. The van der Waals surface area contributed by atoms with Crippen molar-refractivity contribution in [1.82, 2.24) is 15.2 Å². The van der Waals surface area contributed by atoms with Gasteiger partial charge >= 0.3 is 13.8 Å². The highest BCUT2D eigenvalue weighted by Crippen LogP contribution is 2.44. The first-order valence-electron chi connectivity index (χ1n) is 7.91. The number of fused-ring (bicyclic) bond motifs is 1. The number of nitrogens with one attached hydrogen (secondary N) is 1. The maximum absolute atomic E-state index is 12.6. The molecule has 2 atom stereocenters. The SMILES string of the molecule is C=CC1=C(C(=O)OP(=O)(O)O)N2C(=O)[C@@H](NC(=O)/C(=N\O)c3csc(N)n3)[C@H]2SC1. The molecule has 16 heteroatoms. The van der Waals surface area contributed by atoms with E-state index in [-0.39, 0.29) is 27.8 Å². The maximum atomic E-state index is 12.6. The lowest BCUT2D eigenvalue weighted by Gasteiger charge is -2.49. The molecule has 0 bridgehead atoms. The number of oxime groups is 1. The van der Waals surface area contributed by atoms with Gasteiger partial charge in [0, 0.05) is 11.1 Å². The molecule has 3 heterocycles. The lowest BCUT2D eigenvalue weighted by molar-refractivity contribution is -0.149. The second kappa shape index (κ2) is 8.20. The third kappa shape index (κ3) is 4.11. The van der Waals surface area contributed by atoms with Crippen LogP contribution in [0.5, 0.6) is 0 Å². The standard InChI is InChI=1S/C14H14N5O8PS2/c1-2-5-3-29-12-8(11(21)19(12)9(5)13(22)27-28(24,25)26)17-10(20)7(18-23)6-4-30-14(15)16-6/h2,4,8,12,23H,1,3H2,(H2,15,16)(H,17,20)(H2,24,25,26)/b18-7-/t8-,12-/m1/s1. The summed E-state index contributed by atoms with van der Waals surface area (Å²) < 4.78 is 15.1. The number of carbonyl (C=O) groups is 3. The van der Waals surface area contributed by atoms with Crippen LogP contribution in [0.15, 0.2) is 34.5 Å². The first kappa shape index (κ1) is 22.0. The van der Waals surface area contributed by atoms with E-state index in [0.717, 1.165) is 16.2 Å². The zero-order valence-corrected chi connectivity index (χ0v) is 17.3. The molecular formula is C14H14N5O8PS2. The number of thioether (sulfide) groups is 1. The Balaban J connectivity index is 1.80. The van der Waals surface area contributed by atoms with E-state index in [1.54, 1.807) is 0 Å². The van der Waals surface area contributed by atoms with E-state index < -0.39 is 42.7 Å². The van der Waals surface area contributed by atoms with Crippen LogP contribution in [0, 0.1) is 0 Å². The topological polar surface area (TPSA) is 205 Å². The van der Waals surface area contributed by atoms with E-state index in [4.69, 9.17) is 20.7 Å². The van der Waals surface area contributed by atoms with Crippen molar-refractivity contribution in [3.05, 3.63) is 35.0 Å². The number of nitrogens with two attached hydrogens (primary N) is 1. The fraction of sp³-hybridized carbons (Fsp3) is 0.214. The van der Waals surface area contributed by atoms with Gasteiger partial charge in [0.25, 0.3) is 11.8 Å². The van der Waals surface area contributed by atoms with Gasteiger partial charge in [-0.05, 0) is 5.57 Å². The molecule has 0 unspecified atom stereocenters. The van der Waals surface area contributed by atoms with Crippen LogP contribution in [-0.4, -0.2) is 65.5 Å². The van der Waals surface area contributed by atoms with Crippen molar-refractivity contribution in [3.8, 4) is 0 Å². The summed E-state index contributed by atoms with van der Waals surface area (Å²) in [4.78, 5) is 59.8. The molecule has 2 aliphatic rings. The molecule has 0 spiro atoms. The van der Waals surface area contributed by atoms with Crippen molar-refractivity contribution in [2.45, 2.75) is 11.4 Å². The number of hydrogen-bond donors (Lipinski definition) is 5. The molecule has 160 valence electrons. The number of anilines is 1. The van der Waals surface area contributed by atoms with Gasteiger partial charge in [0.05, 0.1) is 0 Å². The summed E-state index contributed by atoms with van der Waals surface area (Å²) in [6.45, 7) is 3.52. The number of carbonyl (C=O) groups excluding carboxylic acids is 3. The zero-order chi connectivity index (χ0) is 22.2. The number of aromatic nitrogens is 1. The molecule has 1 aromatic rings. The molecule has 2 amide bonds. The maximum Gasteiger partial charge on any atom is 0.527 e. The Morgan fingerprint density at radius 3 is 2.73 bits per heavy atom. The van der Waals surface area contributed by atoms with Crippen LogP contribution in [0.25, 0.3) is 0 Å². The summed E-state index contributed by atoms with van der Waals surface area (Å²) in [5.74, 6) is -2.86. The Bertz CT molecular complexity index is 1050. The summed E-state index contributed by atoms with van der Waals surface area (Å²) in [5.41, 5.74) is 4.92. The average molecular weight is 475 g/mol. The van der Waals surface area contributed by atoms with Crippen LogP contribution in [0.4, 0.5) is 5.13 Å². The minimum atomic E-state index is -5.15. The lowest BCUT2D eigenvalue weighted by atomic mass is 10.0. The highest BCUT2D eigenvalue weighted by molar-refractivity contribution is 8.00. The second-order valence-corrected chi connectivity index (χ2v) is 8.99. The molecule has 0 aromatic carbocycles. The first-order valence-corrected chi connectivity index (χ1v) is 11.4. The number of nitrogen functional groups attached to an aromatic ring is 1. The van der Waals surface area contributed by atoms with Crippen molar-refractivity contribution in [3.63, 3.8) is 0 Å². The van der Waals surface area contributed by atoms with Crippen LogP contribution in [0.1, 0.15) is 5.69 Å². The number of phosphoric ester groups is 1. The van der Waals surface area contributed by atoms with Crippen LogP contribution in [0.2, 0.25) is 0 Å². The van der Waals surface area contributed by atoms with Gasteiger partial charge in [-0.1, -0.05) is 17.8 Å². The van der Waals surface area contributed by atoms with E-state index in [1.165, 1.54) is 23.2 Å². The van der Waals surface area contributed by atoms with E-state index >= 15 is 0 Å². The highest BCUT2D eigenvalue weighted by Gasteiger charge is 2.55. The summed E-state index contributed by atoms with van der Waals surface area (Å²) in [7, 11) is -5.15. The predicted octanol–water partition coefficient (Wildman–Crippen LogP) is -0.620. The summed E-state index contributed by atoms with van der Waals surface area (Å²) in [6.07, 6.45) is 1.27. The van der Waals surface area contributed by atoms with E-state index in [2.05, 4.69) is 26.6 Å². The normalized spacial score (nSPS) is 21.6. The quantitative estimate of drug-likeness (QED) is 0.115. The smallest absolute Gasteiger partial charge is 0.410 e. The highest BCUT2D eigenvalue weighted by atomic mass is 32.2. The monoisotopic (exact) mass is 475 g/mol. The van der Waals surface area contributed by atoms with E-state index in [9.17, 15) is 18.9 Å². The van der Waals surface area contributed by atoms with Crippen molar-refractivity contribution in [1.29, 1.82) is 0 Å². The molecule has 30 heavy (non-hydrogen) atoms. The molecule has 2 aliphatic heterocycles. The molecular weight excluding hydrogens is 461 g/mol. The molecule has 1 fully saturated rings. The number of β-lactam (4-membered cyclic amide) rings is 1. The molecule has 1 saturated heterocycles. The van der Waals surface area contributed by atoms with Crippen molar-refractivity contribution in [2.75, 3.05) is 11.5 Å². The Hall–Kier alpha value is -2.71. The number of amides is 2. The number of thiazole rings is 1. The lowest BCUT2D eigenvalue weighted by Crippen LogP contribution is -2.71. The van der Waals surface area contributed by atoms with E-state index in [0.29, 0.717) is 0 Å². The van der Waals surface area contributed by atoms with Gasteiger partial charge in [0.2, 0.25) is 0 Å². The number of rotatable bonds is 6. The van der Waals surface area contributed by atoms with E-state index in [1.807, 2.05) is 0 Å². The molecule has 0 saturated carbocycles. The molecule has 3 rings (SSSR count). The Morgan fingerprint density at radius 2 is 2.20 bits per heavy atom. The van der Waals surface area contributed by atoms with Gasteiger partial charge < -0.3 is 20.8 Å². The first-order chi connectivity index (χ1) is 14.1. The third-order valence-corrected chi connectivity index (χ3v) is 6.39. The molecule has 6 N–H and O–H groups in total. The van der Waals surface area contributed by atoms with Gasteiger partial charge in [-0.25, -0.2) is 14.3 Å². The fourth-order valence-electron chi connectivity index (χ4n) is 2.76. The van der Waals surface area contributed by atoms with Crippen molar-refractivity contribution < 1.29 is 38.5 Å².